The largest absolute Gasteiger partial charge is 0.350 e. The molecule has 0 amide bonds. The number of Topliss-reactive ketones (excluding diaryl/α,β-unsaturated/α-hetero) is 1. The molecular formula is C15H19N3O. The molecule has 0 bridgehead atoms. The number of ketones is 1. The van der Waals surface area contributed by atoms with Gasteiger partial charge < -0.3 is 9.55 Å². The van der Waals surface area contributed by atoms with Crippen molar-refractivity contribution in [2.45, 2.75) is 39.7 Å². The fourth-order valence-corrected chi connectivity index (χ4v) is 2.87. The first kappa shape index (κ1) is 12.2. The molecule has 0 aliphatic heterocycles. The van der Waals surface area contributed by atoms with Crippen LogP contribution in [-0.2, 0) is 19.4 Å². The summed E-state index contributed by atoms with van der Waals surface area (Å²) in [6, 6.07) is 1.97. The molecule has 4 nitrogen and oxygen atoms in total. The monoisotopic (exact) mass is 257 g/mol. The Morgan fingerprint density at radius 2 is 2.26 bits per heavy atom. The van der Waals surface area contributed by atoms with Crippen LogP contribution < -0.4 is 0 Å². The van der Waals surface area contributed by atoms with Gasteiger partial charge in [0, 0.05) is 49.2 Å². The van der Waals surface area contributed by atoms with E-state index in [2.05, 4.69) is 28.4 Å². The number of hydrogen-bond donors (Lipinski definition) is 1. The lowest BCUT2D eigenvalue weighted by molar-refractivity contribution is 0.0910. The first-order chi connectivity index (χ1) is 9.05. The van der Waals surface area contributed by atoms with E-state index < -0.39 is 0 Å². The number of nitrogens with one attached hydrogen (secondary N) is 1. The van der Waals surface area contributed by atoms with Crippen molar-refractivity contribution in [3.8, 4) is 0 Å². The minimum Gasteiger partial charge on any atom is -0.350 e. The second-order valence-electron chi connectivity index (χ2n) is 6.10. The molecular weight excluding hydrogens is 238 g/mol. The normalized spacial score (nSPS) is 17.5. The zero-order valence-electron chi connectivity index (χ0n) is 11.4. The number of aromatic amines is 1. The van der Waals surface area contributed by atoms with Gasteiger partial charge in [-0.2, -0.15) is 0 Å². The Balaban J connectivity index is 1.82. The molecule has 1 aliphatic rings. The van der Waals surface area contributed by atoms with E-state index in [0.29, 0.717) is 6.42 Å². The van der Waals surface area contributed by atoms with Crippen molar-refractivity contribution in [2.24, 2.45) is 5.41 Å². The van der Waals surface area contributed by atoms with Gasteiger partial charge in [0.25, 0.3) is 0 Å². The topological polar surface area (TPSA) is 50.7 Å². The van der Waals surface area contributed by atoms with Gasteiger partial charge >= 0.3 is 0 Å². The fourth-order valence-electron chi connectivity index (χ4n) is 2.87. The van der Waals surface area contributed by atoms with Gasteiger partial charge in [0.1, 0.15) is 5.82 Å². The molecule has 0 saturated heterocycles. The van der Waals surface area contributed by atoms with Crippen LogP contribution in [0.15, 0.2) is 24.7 Å². The van der Waals surface area contributed by atoms with Crippen LogP contribution in [0.5, 0.6) is 0 Å². The lowest BCUT2D eigenvalue weighted by atomic mass is 9.76. The van der Waals surface area contributed by atoms with Crippen LogP contribution in [-0.4, -0.2) is 20.3 Å². The molecule has 4 heteroatoms. The molecule has 2 aromatic rings. The highest BCUT2D eigenvalue weighted by Crippen LogP contribution is 2.35. The van der Waals surface area contributed by atoms with Crippen LogP contribution in [0.4, 0.5) is 0 Å². The highest BCUT2D eigenvalue weighted by atomic mass is 16.1. The van der Waals surface area contributed by atoms with Gasteiger partial charge in [0.05, 0.1) is 0 Å². The molecule has 0 unspecified atom stereocenters. The molecule has 2 heterocycles. The smallest absolute Gasteiger partial charge is 0.165 e. The molecule has 2 aromatic heterocycles. The van der Waals surface area contributed by atoms with Crippen LogP contribution in [0, 0.1) is 5.41 Å². The number of imidazole rings is 1. The van der Waals surface area contributed by atoms with E-state index in [1.807, 2.05) is 18.5 Å². The second kappa shape index (κ2) is 4.37. The van der Waals surface area contributed by atoms with E-state index in [1.165, 1.54) is 5.69 Å². The van der Waals surface area contributed by atoms with Gasteiger partial charge in [-0.05, 0) is 17.9 Å². The van der Waals surface area contributed by atoms with E-state index in [9.17, 15) is 4.79 Å². The van der Waals surface area contributed by atoms with Crippen molar-refractivity contribution < 1.29 is 4.79 Å². The summed E-state index contributed by atoms with van der Waals surface area (Å²) < 4.78 is 2.21. The minimum atomic E-state index is 0.0743. The maximum absolute atomic E-state index is 12.1. The van der Waals surface area contributed by atoms with Crippen molar-refractivity contribution >= 4 is 5.78 Å². The van der Waals surface area contributed by atoms with E-state index in [4.69, 9.17) is 0 Å². The summed E-state index contributed by atoms with van der Waals surface area (Å²) in [6.45, 7) is 5.20. The van der Waals surface area contributed by atoms with E-state index >= 15 is 0 Å². The van der Waals surface area contributed by atoms with Gasteiger partial charge in [0.15, 0.2) is 5.78 Å². The molecule has 0 fully saturated rings. The van der Waals surface area contributed by atoms with Gasteiger partial charge in [-0.25, -0.2) is 4.98 Å². The third-order valence-corrected chi connectivity index (χ3v) is 3.81. The van der Waals surface area contributed by atoms with E-state index in [1.54, 1.807) is 6.20 Å². The number of aryl methyl sites for hydroxylation is 2. The number of aromatic nitrogens is 3. The first-order valence-electron chi connectivity index (χ1n) is 6.75. The van der Waals surface area contributed by atoms with Crippen LogP contribution in [0.1, 0.15) is 42.1 Å². The van der Waals surface area contributed by atoms with Crippen LogP contribution in [0.2, 0.25) is 0 Å². The Hall–Kier alpha value is -1.84. The summed E-state index contributed by atoms with van der Waals surface area (Å²) in [5.74, 6) is 1.27. The summed E-state index contributed by atoms with van der Waals surface area (Å²) in [6.07, 6.45) is 8.14. The number of hydrogen-bond acceptors (Lipinski definition) is 2. The zero-order valence-corrected chi connectivity index (χ0v) is 11.4. The maximum Gasteiger partial charge on any atom is 0.165 e. The molecule has 100 valence electrons. The number of carbonyl (C=O) groups excluding carboxylic acids is 1. The van der Waals surface area contributed by atoms with Crippen LogP contribution >= 0.6 is 0 Å². The third-order valence-electron chi connectivity index (χ3n) is 3.81. The summed E-state index contributed by atoms with van der Waals surface area (Å²) in [5, 5.41) is 0. The maximum atomic E-state index is 12.1. The first-order valence-corrected chi connectivity index (χ1v) is 6.75. The van der Waals surface area contributed by atoms with Crippen molar-refractivity contribution in [2.75, 3.05) is 0 Å². The summed E-state index contributed by atoms with van der Waals surface area (Å²) >= 11 is 0. The van der Waals surface area contributed by atoms with Gasteiger partial charge in [-0.1, -0.05) is 13.8 Å². The molecule has 0 radical (unpaired) electrons. The highest BCUT2D eigenvalue weighted by Gasteiger charge is 2.32. The Labute approximate surface area is 112 Å². The highest BCUT2D eigenvalue weighted by molar-refractivity contribution is 5.98. The molecule has 0 aromatic carbocycles. The van der Waals surface area contributed by atoms with Crippen molar-refractivity contribution in [3.05, 3.63) is 41.7 Å². The number of nitrogens with zero attached hydrogens (tertiary/aromatic N) is 2. The number of H-pyrrole nitrogens is 1. The average molecular weight is 257 g/mol. The Morgan fingerprint density at radius 1 is 1.42 bits per heavy atom. The molecule has 3 rings (SSSR count). The van der Waals surface area contributed by atoms with E-state index in [-0.39, 0.29) is 11.2 Å². The van der Waals surface area contributed by atoms with Crippen molar-refractivity contribution in [1.29, 1.82) is 0 Å². The van der Waals surface area contributed by atoms with Gasteiger partial charge in [-0.15, -0.1) is 0 Å². The van der Waals surface area contributed by atoms with Gasteiger partial charge in [-0.3, -0.25) is 4.79 Å². The molecule has 1 N–H and O–H groups in total. The molecule has 0 spiro atoms. The average Bonchev–Trinajstić information content (AvgIpc) is 2.93. The second-order valence-corrected chi connectivity index (χ2v) is 6.10. The number of fused-ring (bicyclic) bond motifs is 1. The summed E-state index contributed by atoms with van der Waals surface area (Å²) in [7, 11) is 0. The number of carbonyl (C=O) groups is 1. The van der Waals surface area contributed by atoms with E-state index in [0.717, 1.165) is 30.8 Å². The standard InChI is InChI=1S/C15H19N3O/c1-15(2)9-12-11(13(19)10-15)3-7-18(12)8-4-14-16-5-6-17-14/h3,5-7H,4,8-10H2,1-2H3,(H,16,17). The minimum absolute atomic E-state index is 0.0743. The summed E-state index contributed by atoms with van der Waals surface area (Å²) in [4.78, 5) is 19.5. The lowest BCUT2D eigenvalue weighted by Crippen LogP contribution is -2.28. The fraction of sp³-hybridized carbons (Fsp3) is 0.467. The summed E-state index contributed by atoms with van der Waals surface area (Å²) in [5.41, 5.74) is 2.18. The van der Waals surface area contributed by atoms with Crippen molar-refractivity contribution in [3.63, 3.8) is 0 Å². The molecule has 19 heavy (non-hydrogen) atoms. The predicted molar refractivity (Wildman–Crippen MR) is 73.2 cm³/mol. The molecule has 0 saturated carbocycles. The van der Waals surface area contributed by atoms with Crippen LogP contribution in [0.3, 0.4) is 0 Å². The van der Waals surface area contributed by atoms with Crippen LogP contribution in [0.25, 0.3) is 0 Å². The Morgan fingerprint density at radius 3 is 3.00 bits per heavy atom. The SMILES string of the molecule is CC1(C)CC(=O)c2ccn(CCc3ncc[nH]3)c2C1. The molecule has 1 aliphatic carbocycles. The third kappa shape index (κ3) is 2.35. The quantitative estimate of drug-likeness (QED) is 0.919. The predicted octanol–water partition coefficient (Wildman–Crippen LogP) is 2.61. The Kier molecular flexibility index (Phi) is 2.81. The Bertz CT molecular complexity index is 593. The zero-order chi connectivity index (χ0) is 13.5. The lowest BCUT2D eigenvalue weighted by Gasteiger charge is -2.29. The van der Waals surface area contributed by atoms with Gasteiger partial charge in [0.2, 0.25) is 0 Å². The molecule has 0 atom stereocenters. The van der Waals surface area contributed by atoms with Crippen molar-refractivity contribution in [1.82, 2.24) is 14.5 Å². The number of rotatable bonds is 3.